The number of alkyl carbamates (subject to hydrolysis) is 1. The van der Waals surface area contributed by atoms with Gasteiger partial charge in [-0.2, -0.15) is 0 Å². The summed E-state index contributed by atoms with van der Waals surface area (Å²) in [7, 11) is -3.42. The first-order valence-electron chi connectivity index (χ1n) is 7.00. The molecule has 7 heteroatoms. The molecule has 1 N–H and O–H groups in total. The lowest BCUT2D eigenvalue weighted by atomic mass is 10.2. The van der Waals surface area contributed by atoms with E-state index in [1.165, 1.54) is 4.31 Å². The monoisotopic (exact) mass is 328 g/mol. The van der Waals surface area contributed by atoms with E-state index in [2.05, 4.69) is 5.32 Å². The first-order chi connectivity index (χ1) is 9.99. The summed E-state index contributed by atoms with van der Waals surface area (Å²) in [6.45, 7) is 7.53. The fraction of sp³-hybridized carbons (Fsp3) is 0.533. The summed E-state index contributed by atoms with van der Waals surface area (Å²) in [5.74, 6) is 0. The van der Waals surface area contributed by atoms with E-state index in [1.807, 2.05) is 19.1 Å². The van der Waals surface area contributed by atoms with Crippen molar-refractivity contribution in [3.05, 3.63) is 29.8 Å². The minimum absolute atomic E-state index is 0.140. The lowest BCUT2D eigenvalue weighted by Gasteiger charge is -2.24. The first-order valence-corrected chi connectivity index (χ1v) is 8.85. The van der Waals surface area contributed by atoms with Gasteiger partial charge in [0.15, 0.2) is 0 Å². The van der Waals surface area contributed by atoms with Crippen LogP contribution in [0.5, 0.6) is 0 Å². The predicted octanol–water partition coefficient (Wildman–Crippen LogP) is 2.29. The molecule has 0 spiro atoms. The van der Waals surface area contributed by atoms with Crippen molar-refractivity contribution < 1.29 is 17.9 Å². The van der Waals surface area contributed by atoms with Gasteiger partial charge in [-0.05, 0) is 39.8 Å². The van der Waals surface area contributed by atoms with Crippen LogP contribution in [0.15, 0.2) is 24.3 Å². The van der Waals surface area contributed by atoms with Gasteiger partial charge in [0.05, 0.1) is 18.5 Å². The Balaban J connectivity index is 2.69. The fourth-order valence-electron chi connectivity index (χ4n) is 1.77. The molecule has 124 valence electrons. The normalized spacial score (nSPS) is 11.9. The molecule has 1 aromatic rings. The minimum atomic E-state index is -3.42. The number of benzene rings is 1. The number of nitrogens with one attached hydrogen (secondary N) is 1. The van der Waals surface area contributed by atoms with Crippen molar-refractivity contribution in [3.8, 4) is 0 Å². The van der Waals surface area contributed by atoms with Crippen molar-refractivity contribution in [2.24, 2.45) is 0 Å². The predicted molar refractivity (Wildman–Crippen MR) is 87.6 cm³/mol. The summed E-state index contributed by atoms with van der Waals surface area (Å²) < 4.78 is 30.2. The van der Waals surface area contributed by atoms with Crippen LogP contribution in [0, 0.1) is 6.92 Å². The minimum Gasteiger partial charge on any atom is -0.444 e. The molecule has 0 bridgehead atoms. The number of carbonyl (C=O) groups is 1. The molecule has 0 aliphatic carbocycles. The zero-order valence-corrected chi connectivity index (χ0v) is 14.5. The lowest BCUT2D eigenvalue weighted by molar-refractivity contribution is 0.0529. The Kier molecular flexibility index (Phi) is 5.82. The van der Waals surface area contributed by atoms with Crippen molar-refractivity contribution in [1.82, 2.24) is 5.32 Å². The van der Waals surface area contributed by atoms with Crippen LogP contribution in [0.2, 0.25) is 0 Å². The van der Waals surface area contributed by atoms with Gasteiger partial charge in [0.2, 0.25) is 10.0 Å². The largest absolute Gasteiger partial charge is 0.444 e. The number of amides is 1. The molecule has 0 heterocycles. The molecule has 0 saturated carbocycles. The van der Waals surface area contributed by atoms with E-state index < -0.39 is 21.7 Å². The smallest absolute Gasteiger partial charge is 0.407 e. The number of anilines is 1. The Bertz CT molecular complexity index is 603. The number of aryl methyl sites for hydroxylation is 1. The van der Waals surface area contributed by atoms with Crippen LogP contribution < -0.4 is 9.62 Å². The fourth-order valence-corrected chi connectivity index (χ4v) is 2.70. The number of hydrogen-bond acceptors (Lipinski definition) is 4. The van der Waals surface area contributed by atoms with E-state index in [0.717, 1.165) is 11.8 Å². The van der Waals surface area contributed by atoms with E-state index in [4.69, 9.17) is 4.74 Å². The summed E-state index contributed by atoms with van der Waals surface area (Å²) in [5, 5.41) is 2.56. The Morgan fingerprint density at radius 3 is 2.23 bits per heavy atom. The molecule has 22 heavy (non-hydrogen) atoms. The molecular weight excluding hydrogens is 304 g/mol. The maximum atomic E-state index is 11.9. The van der Waals surface area contributed by atoms with Crippen molar-refractivity contribution in [2.45, 2.75) is 33.3 Å². The number of hydrogen-bond donors (Lipinski definition) is 1. The number of carbonyl (C=O) groups excluding carboxylic acids is 1. The summed E-state index contributed by atoms with van der Waals surface area (Å²) in [5.41, 5.74) is 1.03. The molecule has 0 atom stereocenters. The van der Waals surface area contributed by atoms with E-state index in [-0.39, 0.29) is 13.1 Å². The number of rotatable bonds is 5. The molecule has 0 fully saturated rings. The zero-order chi connectivity index (χ0) is 17.0. The van der Waals surface area contributed by atoms with Crippen molar-refractivity contribution >= 4 is 21.8 Å². The van der Waals surface area contributed by atoms with E-state index in [1.54, 1.807) is 32.9 Å². The topological polar surface area (TPSA) is 75.7 Å². The van der Waals surface area contributed by atoms with Gasteiger partial charge in [0, 0.05) is 6.54 Å². The molecular formula is C15H24N2O4S. The molecule has 0 unspecified atom stereocenters. The Morgan fingerprint density at radius 2 is 1.77 bits per heavy atom. The second-order valence-electron chi connectivity index (χ2n) is 6.10. The highest BCUT2D eigenvalue weighted by molar-refractivity contribution is 7.92. The molecule has 6 nitrogen and oxygen atoms in total. The molecule has 0 aliphatic heterocycles. The van der Waals surface area contributed by atoms with Crippen LogP contribution in [0.1, 0.15) is 26.3 Å². The highest BCUT2D eigenvalue weighted by Crippen LogP contribution is 2.17. The zero-order valence-electron chi connectivity index (χ0n) is 13.7. The van der Waals surface area contributed by atoms with Gasteiger partial charge in [0.1, 0.15) is 5.60 Å². The van der Waals surface area contributed by atoms with Crippen LogP contribution in [0.25, 0.3) is 0 Å². The molecule has 0 aromatic heterocycles. The number of ether oxygens (including phenoxy) is 1. The summed E-state index contributed by atoms with van der Waals surface area (Å²) >= 11 is 0. The van der Waals surface area contributed by atoms with Gasteiger partial charge in [-0.1, -0.05) is 17.7 Å². The third-order valence-corrected chi connectivity index (χ3v) is 3.90. The van der Waals surface area contributed by atoms with Gasteiger partial charge in [-0.3, -0.25) is 4.31 Å². The first kappa shape index (κ1) is 18.3. The average molecular weight is 328 g/mol. The summed E-state index contributed by atoms with van der Waals surface area (Å²) in [4.78, 5) is 11.6. The molecule has 0 radical (unpaired) electrons. The highest BCUT2D eigenvalue weighted by atomic mass is 32.2. The molecule has 1 aromatic carbocycles. The van der Waals surface area contributed by atoms with Gasteiger partial charge in [-0.15, -0.1) is 0 Å². The maximum Gasteiger partial charge on any atom is 0.407 e. The summed E-state index contributed by atoms with van der Waals surface area (Å²) in [6.07, 6.45) is 0.574. The standard InChI is InChI=1S/C15H24N2O4S/c1-12-6-8-13(9-7-12)17(22(5,19)20)11-10-16-14(18)21-15(2,3)4/h6-9H,10-11H2,1-5H3,(H,16,18). The SMILES string of the molecule is Cc1ccc(N(CCNC(=O)OC(C)(C)C)S(C)(=O)=O)cc1. The van der Waals surface area contributed by atoms with Crippen molar-refractivity contribution in [1.29, 1.82) is 0 Å². The Morgan fingerprint density at radius 1 is 1.23 bits per heavy atom. The van der Waals surface area contributed by atoms with Crippen LogP contribution in [-0.2, 0) is 14.8 Å². The van der Waals surface area contributed by atoms with Gasteiger partial charge >= 0.3 is 6.09 Å². The van der Waals surface area contributed by atoms with Gasteiger partial charge in [0.25, 0.3) is 0 Å². The van der Waals surface area contributed by atoms with E-state index in [9.17, 15) is 13.2 Å². The third-order valence-electron chi connectivity index (χ3n) is 2.71. The quantitative estimate of drug-likeness (QED) is 0.900. The summed E-state index contributed by atoms with van der Waals surface area (Å²) in [6, 6.07) is 7.16. The maximum absolute atomic E-state index is 11.9. The molecule has 0 saturated heterocycles. The van der Waals surface area contributed by atoms with E-state index >= 15 is 0 Å². The van der Waals surface area contributed by atoms with Crippen LogP contribution in [0.4, 0.5) is 10.5 Å². The van der Waals surface area contributed by atoms with Crippen LogP contribution in [0.3, 0.4) is 0 Å². The number of nitrogens with zero attached hydrogens (tertiary/aromatic N) is 1. The van der Waals surface area contributed by atoms with E-state index in [0.29, 0.717) is 5.69 Å². The Labute approximate surface area is 132 Å². The van der Waals surface area contributed by atoms with Crippen LogP contribution >= 0.6 is 0 Å². The van der Waals surface area contributed by atoms with Gasteiger partial charge < -0.3 is 10.1 Å². The second-order valence-corrected chi connectivity index (χ2v) is 8.01. The second kappa shape index (κ2) is 7.00. The number of sulfonamides is 1. The molecule has 1 rings (SSSR count). The lowest BCUT2D eigenvalue weighted by Crippen LogP contribution is -2.40. The molecule has 0 aliphatic rings. The highest BCUT2D eigenvalue weighted by Gasteiger charge is 2.19. The molecule has 1 amide bonds. The van der Waals surface area contributed by atoms with Crippen molar-refractivity contribution in [3.63, 3.8) is 0 Å². The third kappa shape index (κ3) is 6.34. The Hall–Kier alpha value is -1.76. The average Bonchev–Trinajstić information content (AvgIpc) is 2.32. The van der Waals surface area contributed by atoms with Crippen LogP contribution in [-0.4, -0.2) is 39.5 Å². The van der Waals surface area contributed by atoms with Crippen molar-refractivity contribution in [2.75, 3.05) is 23.7 Å². The van der Waals surface area contributed by atoms with Gasteiger partial charge in [-0.25, -0.2) is 13.2 Å².